The topological polar surface area (TPSA) is 78.9 Å². The number of carbonyl (C=O) groups excluding carboxylic acids is 1. The fourth-order valence-corrected chi connectivity index (χ4v) is 3.22. The highest BCUT2D eigenvalue weighted by Gasteiger charge is 2.23. The maximum atomic E-state index is 13.2. The summed E-state index contributed by atoms with van der Waals surface area (Å²) in [6, 6.07) is 6.17. The minimum atomic E-state index is -0.528. The Hall–Kier alpha value is -2.41. The van der Waals surface area contributed by atoms with E-state index in [1.54, 1.807) is 12.3 Å². The van der Waals surface area contributed by atoms with Crippen LogP contribution in [-0.4, -0.2) is 35.0 Å². The molecule has 1 aliphatic rings. The first-order valence-corrected chi connectivity index (χ1v) is 8.96. The maximum absolute atomic E-state index is 13.2. The zero-order valence-electron chi connectivity index (χ0n) is 14.4. The van der Waals surface area contributed by atoms with Crippen molar-refractivity contribution in [3.8, 4) is 0 Å². The molecule has 138 valence electrons. The predicted molar refractivity (Wildman–Crippen MR) is 100 cm³/mol. The Morgan fingerprint density at radius 3 is 2.62 bits per heavy atom. The van der Waals surface area contributed by atoms with Gasteiger partial charge in [-0.15, -0.1) is 0 Å². The van der Waals surface area contributed by atoms with Gasteiger partial charge >= 0.3 is 0 Å². The van der Waals surface area contributed by atoms with Crippen molar-refractivity contribution in [3.05, 3.63) is 46.9 Å². The second kappa shape index (κ2) is 8.31. The molecular formula is C18H21ClFN5O. The summed E-state index contributed by atoms with van der Waals surface area (Å²) in [4.78, 5) is 20.9. The second-order valence-corrected chi connectivity index (χ2v) is 6.72. The summed E-state index contributed by atoms with van der Waals surface area (Å²) >= 11 is 5.74. The molecule has 1 amide bonds. The molecule has 26 heavy (non-hydrogen) atoms. The van der Waals surface area contributed by atoms with E-state index in [1.807, 2.05) is 7.05 Å². The van der Waals surface area contributed by atoms with Gasteiger partial charge in [-0.25, -0.2) is 9.37 Å². The smallest absolute Gasteiger partial charge is 0.251 e. The van der Waals surface area contributed by atoms with Gasteiger partial charge in [0.05, 0.1) is 5.02 Å². The Labute approximate surface area is 156 Å². The van der Waals surface area contributed by atoms with Crippen LogP contribution in [0, 0.1) is 5.82 Å². The van der Waals surface area contributed by atoms with Gasteiger partial charge in [0.2, 0.25) is 5.95 Å². The maximum Gasteiger partial charge on any atom is 0.251 e. The number of nitrogens with zero attached hydrogens (tertiary/aromatic N) is 2. The van der Waals surface area contributed by atoms with E-state index in [2.05, 4.69) is 25.9 Å². The molecule has 0 atom stereocenters. The normalized spacial score (nSPS) is 19.7. The second-order valence-electron chi connectivity index (χ2n) is 6.31. The molecule has 1 heterocycles. The van der Waals surface area contributed by atoms with Gasteiger partial charge < -0.3 is 16.0 Å². The molecule has 0 spiro atoms. The predicted octanol–water partition coefficient (Wildman–Crippen LogP) is 3.46. The van der Waals surface area contributed by atoms with E-state index in [-0.39, 0.29) is 23.0 Å². The molecule has 0 saturated heterocycles. The van der Waals surface area contributed by atoms with Crippen molar-refractivity contribution in [2.24, 2.45) is 0 Å². The van der Waals surface area contributed by atoms with Crippen molar-refractivity contribution in [1.82, 2.24) is 15.3 Å². The molecule has 2 aromatic rings. The number of carbonyl (C=O) groups is 1. The van der Waals surface area contributed by atoms with Crippen molar-refractivity contribution < 1.29 is 9.18 Å². The Bertz CT molecular complexity index is 780. The molecule has 1 saturated carbocycles. The summed E-state index contributed by atoms with van der Waals surface area (Å²) in [5, 5.41) is 9.27. The molecule has 1 fully saturated rings. The van der Waals surface area contributed by atoms with Crippen molar-refractivity contribution in [2.75, 3.05) is 17.7 Å². The minimum Gasteiger partial charge on any atom is -0.373 e. The number of rotatable bonds is 5. The van der Waals surface area contributed by atoms with Gasteiger partial charge in [0, 0.05) is 30.9 Å². The lowest BCUT2D eigenvalue weighted by Gasteiger charge is -2.29. The van der Waals surface area contributed by atoms with E-state index in [0.29, 0.717) is 11.5 Å². The minimum absolute atomic E-state index is 0.0469. The summed E-state index contributed by atoms with van der Waals surface area (Å²) in [6.45, 7) is 0. The Balaban J connectivity index is 1.50. The van der Waals surface area contributed by atoms with Gasteiger partial charge in [0.15, 0.2) is 0 Å². The Morgan fingerprint density at radius 2 is 1.92 bits per heavy atom. The molecule has 3 rings (SSSR count). The van der Waals surface area contributed by atoms with E-state index in [1.165, 1.54) is 18.2 Å². The summed E-state index contributed by atoms with van der Waals surface area (Å²) in [5.41, 5.74) is 0.369. The number of amides is 1. The highest BCUT2D eigenvalue weighted by molar-refractivity contribution is 6.31. The molecule has 6 nitrogen and oxygen atoms in total. The zero-order valence-corrected chi connectivity index (χ0v) is 15.2. The first kappa shape index (κ1) is 18.4. The largest absolute Gasteiger partial charge is 0.373 e. The van der Waals surface area contributed by atoms with E-state index in [4.69, 9.17) is 11.6 Å². The third-order valence-electron chi connectivity index (χ3n) is 4.49. The zero-order chi connectivity index (χ0) is 18.5. The van der Waals surface area contributed by atoms with Gasteiger partial charge in [0.1, 0.15) is 11.6 Å². The molecule has 0 aliphatic heterocycles. The molecule has 0 bridgehead atoms. The van der Waals surface area contributed by atoms with Gasteiger partial charge in [-0.1, -0.05) is 11.6 Å². The number of hydrogen-bond donors (Lipinski definition) is 3. The van der Waals surface area contributed by atoms with Crippen LogP contribution in [0.5, 0.6) is 0 Å². The average molecular weight is 378 g/mol. The monoisotopic (exact) mass is 377 g/mol. The van der Waals surface area contributed by atoms with Gasteiger partial charge in [-0.2, -0.15) is 4.98 Å². The molecule has 1 aromatic carbocycles. The quantitative estimate of drug-likeness (QED) is 0.743. The summed E-state index contributed by atoms with van der Waals surface area (Å²) in [6.07, 6.45) is 5.22. The number of hydrogen-bond acceptors (Lipinski definition) is 5. The first-order chi connectivity index (χ1) is 12.5. The molecule has 0 radical (unpaired) electrons. The van der Waals surface area contributed by atoms with Crippen LogP contribution in [0.1, 0.15) is 36.0 Å². The van der Waals surface area contributed by atoms with E-state index in [0.717, 1.165) is 31.5 Å². The molecule has 3 N–H and O–H groups in total. The Morgan fingerprint density at radius 1 is 1.19 bits per heavy atom. The molecule has 0 unspecified atom stereocenters. The third kappa shape index (κ3) is 4.60. The SMILES string of the molecule is CNc1ccnc(NC2CCC(NC(=O)c3ccc(F)c(Cl)c3)CC2)n1. The van der Waals surface area contributed by atoms with Crippen molar-refractivity contribution in [3.63, 3.8) is 0 Å². The van der Waals surface area contributed by atoms with Crippen LogP contribution in [0.4, 0.5) is 16.2 Å². The standard InChI is InChI=1S/C18H21ClFN5O/c1-21-16-8-9-22-18(25-16)24-13-5-3-12(4-6-13)23-17(26)11-2-7-15(20)14(19)10-11/h2,7-10,12-13H,3-6H2,1H3,(H,23,26)(H2,21,22,24,25). The number of halogens is 2. The highest BCUT2D eigenvalue weighted by Crippen LogP contribution is 2.22. The van der Waals surface area contributed by atoms with Crippen LogP contribution < -0.4 is 16.0 Å². The van der Waals surface area contributed by atoms with Crippen molar-refractivity contribution in [1.29, 1.82) is 0 Å². The van der Waals surface area contributed by atoms with E-state index in [9.17, 15) is 9.18 Å². The molecular weight excluding hydrogens is 357 g/mol. The summed E-state index contributed by atoms with van der Waals surface area (Å²) in [7, 11) is 1.81. The van der Waals surface area contributed by atoms with Gasteiger partial charge in [-0.3, -0.25) is 4.79 Å². The van der Waals surface area contributed by atoms with Crippen molar-refractivity contribution in [2.45, 2.75) is 37.8 Å². The molecule has 1 aliphatic carbocycles. The van der Waals surface area contributed by atoms with Gasteiger partial charge in [-0.05, 0) is 49.9 Å². The fraction of sp³-hybridized carbons (Fsp3) is 0.389. The lowest BCUT2D eigenvalue weighted by atomic mass is 9.91. The van der Waals surface area contributed by atoms with Crippen LogP contribution in [0.3, 0.4) is 0 Å². The van der Waals surface area contributed by atoms with Crippen LogP contribution >= 0.6 is 11.6 Å². The number of anilines is 2. The van der Waals surface area contributed by atoms with Crippen LogP contribution in [0.2, 0.25) is 5.02 Å². The van der Waals surface area contributed by atoms with Crippen molar-refractivity contribution >= 4 is 29.3 Å². The average Bonchev–Trinajstić information content (AvgIpc) is 2.65. The number of benzene rings is 1. The summed E-state index contributed by atoms with van der Waals surface area (Å²) < 4.78 is 13.2. The molecule has 8 heteroatoms. The number of nitrogens with one attached hydrogen (secondary N) is 3. The Kier molecular flexibility index (Phi) is 5.88. The van der Waals surface area contributed by atoms with Crippen LogP contribution in [-0.2, 0) is 0 Å². The molecule has 1 aromatic heterocycles. The number of aromatic nitrogens is 2. The fourth-order valence-electron chi connectivity index (χ4n) is 3.04. The van der Waals surface area contributed by atoms with E-state index >= 15 is 0 Å². The first-order valence-electron chi connectivity index (χ1n) is 8.58. The summed E-state index contributed by atoms with van der Waals surface area (Å²) in [5.74, 6) is 0.611. The van der Waals surface area contributed by atoms with Crippen LogP contribution in [0.25, 0.3) is 0 Å². The van der Waals surface area contributed by atoms with Crippen LogP contribution in [0.15, 0.2) is 30.5 Å². The lowest BCUT2D eigenvalue weighted by molar-refractivity contribution is 0.0926. The van der Waals surface area contributed by atoms with E-state index < -0.39 is 5.82 Å². The highest BCUT2D eigenvalue weighted by atomic mass is 35.5. The lowest BCUT2D eigenvalue weighted by Crippen LogP contribution is -2.40. The van der Waals surface area contributed by atoms with Gasteiger partial charge in [0.25, 0.3) is 5.91 Å². The third-order valence-corrected chi connectivity index (χ3v) is 4.78.